The second-order valence-corrected chi connectivity index (χ2v) is 8.88. The number of hydrogen-bond donors (Lipinski definition) is 2. The number of aromatic nitrogens is 1. The summed E-state index contributed by atoms with van der Waals surface area (Å²) in [6.45, 7) is 5.90. The molecule has 1 aliphatic heterocycles. The maximum atomic E-state index is 11.5. The number of benzene rings is 2. The van der Waals surface area contributed by atoms with Crippen molar-refractivity contribution < 1.29 is 14.6 Å². The zero-order chi connectivity index (χ0) is 23.5. The largest absolute Gasteiger partial charge is 0.496 e. The normalized spacial score (nSPS) is 15.8. The number of rotatable bonds is 7. The van der Waals surface area contributed by atoms with Crippen LogP contribution in [0.15, 0.2) is 54.9 Å². The minimum atomic E-state index is -0.959. The maximum Gasteiger partial charge on any atom is 0.337 e. The molecule has 0 spiro atoms. The Bertz CT molecular complexity index is 1160. The topological polar surface area (TPSA) is 74.7 Å². The number of methoxy groups -OCH3 is 1. The number of carboxylic acid groups (broad SMARTS) is 1. The molecule has 33 heavy (non-hydrogen) atoms. The van der Waals surface area contributed by atoms with Crippen LogP contribution in [0.25, 0.3) is 11.1 Å². The number of anilines is 1. The Morgan fingerprint density at radius 3 is 2.79 bits per heavy atom. The summed E-state index contributed by atoms with van der Waals surface area (Å²) >= 11 is 0. The minimum absolute atomic E-state index is 0.134. The molecule has 0 bridgehead atoms. The molecule has 0 amide bonds. The van der Waals surface area contributed by atoms with Crippen molar-refractivity contribution in [3.05, 3.63) is 77.1 Å². The van der Waals surface area contributed by atoms with Gasteiger partial charge in [-0.25, -0.2) is 4.79 Å². The Hall–Kier alpha value is -3.38. The van der Waals surface area contributed by atoms with Gasteiger partial charge < -0.3 is 15.2 Å². The number of hydrogen-bond acceptors (Lipinski definition) is 5. The molecule has 0 aliphatic carbocycles. The summed E-state index contributed by atoms with van der Waals surface area (Å²) in [5.74, 6) is 0.381. The summed E-state index contributed by atoms with van der Waals surface area (Å²) in [4.78, 5) is 17.9. The van der Waals surface area contributed by atoms with E-state index in [1.54, 1.807) is 13.3 Å². The average Bonchev–Trinajstić information content (AvgIpc) is 2.82. The first-order valence-corrected chi connectivity index (χ1v) is 11.3. The Morgan fingerprint density at radius 1 is 1.24 bits per heavy atom. The van der Waals surface area contributed by atoms with Gasteiger partial charge in [0.25, 0.3) is 0 Å². The molecule has 172 valence electrons. The predicted octanol–water partition coefficient (Wildman–Crippen LogP) is 5.22. The summed E-state index contributed by atoms with van der Waals surface area (Å²) in [5.41, 5.74) is 6.86. The lowest BCUT2D eigenvalue weighted by Gasteiger charge is -2.35. The van der Waals surface area contributed by atoms with Gasteiger partial charge in [0, 0.05) is 24.8 Å². The lowest BCUT2D eigenvalue weighted by atomic mass is 9.89. The SMILES string of the molecule is COc1cc(C(C)C)ccc1-c1ccc2c(c1)CCN(C)[C@@H]2CNc1cnccc1C(=O)O. The molecular formula is C27H31N3O3. The van der Waals surface area contributed by atoms with Gasteiger partial charge in [-0.1, -0.05) is 44.2 Å². The standard InChI is InChI=1S/C27H31N3O3/c1-17(2)18-5-8-22(26(14-18)33-4)19-6-7-21-20(13-19)10-12-30(3)25(21)16-29-24-15-28-11-9-23(24)27(31)32/h5-9,11,13-15,17,25,29H,10,12,16H2,1-4H3,(H,31,32)/t25-/m1/s1. The molecule has 1 aliphatic rings. The summed E-state index contributed by atoms with van der Waals surface area (Å²) in [6, 6.07) is 14.7. The molecule has 0 unspecified atom stereocenters. The fraction of sp³-hybridized carbons (Fsp3) is 0.333. The van der Waals surface area contributed by atoms with Gasteiger partial charge in [-0.3, -0.25) is 9.88 Å². The van der Waals surface area contributed by atoms with Crippen LogP contribution in [0.5, 0.6) is 5.75 Å². The van der Waals surface area contributed by atoms with E-state index in [0.717, 1.165) is 29.8 Å². The third-order valence-electron chi connectivity index (χ3n) is 6.51. The van der Waals surface area contributed by atoms with Crippen molar-refractivity contribution in [2.75, 3.05) is 32.6 Å². The van der Waals surface area contributed by atoms with Crippen LogP contribution in [0.1, 0.15) is 52.9 Å². The molecule has 3 aromatic rings. The Morgan fingerprint density at radius 2 is 2.06 bits per heavy atom. The van der Waals surface area contributed by atoms with Crippen LogP contribution in [-0.2, 0) is 6.42 Å². The third-order valence-corrected chi connectivity index (χ3v) is 6.51. The van der Waals surface area contributed by atoms with Crippen LogP contribution in [0.2, 0.25) is 0 Å². The quantitative estimate of drug-likeness (QED) is 0.519. The number of ether oxygens (including phenoxy) is 1. The van der Waals surface area contributed by atoms with E-state index < -0.39 is 5.97 Å². The number of aromatic carboxylic acids is 1. The number of nitrogens with zero attached hydrogens (tertiary/aromatic N) is 2. The lowest BCUT2D eigenvalue weighted by molar-refractivity contribution is 0.0697. The molecule has 0 saturated heterocycles. The van der Waals surface area contributed by atoms with E-state index in [2.05, 4.69) is 72.5 Å². The fourth-order valence-electron chi connectivity index (χ4n) is 4.50. The van der Waals surface area contributed by atoms with Crippen molar-refractivity contribution in [2.24, 2.45) is 0 Å². The zero-order valence-corrected chi connectivity index (χ0v) is 19.6. The van der Waals surface area contributed by atoms with E-state index in [9.17, 15) is 9.90 Å². The van der Waals surface area contributed by atoms with Crippen LogP contribution in [0.3, 0.4) is 0 Å². The van der Waals surface area contributed by atoms with Crippen LogP contribution >= 0.6 is 0 Å². The Kier molecular flexibility index (Phi) is 6.65. The van der Waals surface area contributed by atoms with Crippen molar-refractivity contribution in [1.82, 2.24) is 9.88 Å². The number of carbonyl (C=O) groups is 1. The first kappa shape index (κ1) is 22.8. The molecule has 2 heterocycles. The highest BCUT2D eigenvalue weighted by atomic mass is 16.5. The van der Waals surface area contributed by atoms with Crippen LogP contribution in [0.4, 0.5) is 5.69 Å². The van der Waals surface area contributed by atoms with Crippen LogP contribution in [-0.4, -0.2) is 48.2 Å². The molecule has 6 nitrogen and oxygen atoms in total. The van der Waals surface area contributed by atoms with Crippen molar-refractivity contribution in [1.29, 1.82) is 0 Å². The van der Waals surface area contributed by atoms with Gasteiger partial charge in [-0.2, -0.15) is 0 Å². The molecule has 2 aromatic carbocycles. The molecule has 2 N–H and O–H groups in total. The molecule has 0 radical (unpaired) electrons. The number of fused-ring (bicyclic) bond motifs is 1. The van der Waals surface area contributed by atoms with Crippen LogP contribution in [0, 0.1) is 0 Å². The van der Waals surface area contributed by atoms with Crippen LogP contribution < -0.4 is 10.1 Å². The number of likely N-dealkylation sites (N-methyl/N-ethyl adjacent to an activating group) is 1. The van der Waals surface area contributed by atoms with Gasteiger partial charge in [-0.05, 0) is 53.8 Å². The smallest absolute Gasteiger partial charge is 0.337 e. The highest BCUT2D eigenvalue weighted by Crippen LogP contribution is 2.37. The minimum Gasteiger partial charge on any atom is -0.496 e. The summed E-state index contributed by atoms with van der Waals surface area (Å²) in [6.07, 6.45) is 4.04. The first-order valence-electron chi connectivity index (χ1n) is 11.3. The van der Waals surface area contributed by atoms with E-state index in [1.165, 1.54) is 29.0 Å². The Balaban J connectivity index is 1.62. The van der Waals surface area contributed by atoms with E-state index >= 15 is 0 Å². The second-order valence-electron chi connectivity index (χ2n) is 8.88. The molecule has 0 fully saturated rings. The lowest BCUT2D eigenvalue weighted by Crippen LogP contribution is -2.36. The van der Waals surface area contributed by atoms with Gasteiger partial charge in [0.2, 0.25) is 0 Å². The van der Waals surface area contributed by atoms with E-state index in [1.807, 2.05) is 0 Å². The molecule has 4 rings (SSSR count). The highest BCUT2D eigenvalue weighted by molar-refractivity contribution is 5.93. The number of nitrogens with one attached hydrogen (secondary N) is 1. The summed E-state index contributed by atoms with van der Waals surface area (Å²) < 4.78 is 5.72. The second kappa shape index (κ2) is 9.63. The van der Waals surface area contributed by atoms with Gasteiger partial charge in [0.1, 0.15) is 5.75 Å². The van der Waals surface area contributed by atoms with Crippen molar-refractivity contribution in [3.63, 3.8) is 0 Å². The summed E-state index contributed by atoms with van der Waals surface area (Å²) in [5, 5.41) is 12.8. The number of pyridine rings is 1. The Labute approximate surface area is 195 Å². The maximum absolute atomic E-state index is 11.5. The zero-order valence-electron chi connectivity index (χ0n) is 19.6. The molecular weight excluding hydrogens is 414 g/mol. The average molecular weight is 446 g/mol. The van der Waals surface area contributed by atoms with Gasteiger partial charge >= 0.3 is 5.97 Å². The predicted molar refractivity (Wildman–Crippen MR) is 131 cm³/mol. The van der Waals surface area contributed by atoms with Crippen molar-refractivity contribution in [3.8, 4) is 16.9 Å². The molecule has 6 heteroatoms. The van der Waals surface area contributed by atoms with E-state index in [0.29, 0.717) is 18.2 Å². The molecule has 1 atom stereocenters. The van der Waals surface area contributed by atoms with E-state index in [4.69, 9.17) is 4.74 Å². The molecule has 1 aromatic heterocycles. The van der Waals surface area contributed by atoms with Gasteiger partial charge in [0.05, 0.1) is 30.6 Å². The van der Waals surface area contributed by atoms with Crippen molar-refractivity contribution >= 4 is 11.7 Å². The molecule has 0 saturated carbocycles. The first-order chi connectivity index (χ1) is 15.9. The summed E-state index contributed by atoms with van der Waals surface area (Å²) in [7, 11) is 3.83. The number of carboxylic acids is 1. The van der Waals surface area contributed by atoms with E-state index in [-0.39, 0.29) is 11.6 Å². The fourth-order valence-corrected chi connectivity index (χ4v) is 4.50. The van der Waals surface area contributed by atoms with Gasteiger partial charge in [0.15, 0.2) is 0 Å². The van der Waals surface area contributed by atoms with Gasteiger partial charge in [-0.15, -0.1) is 0 Å². The third kappa shape index (κ3) is 4.71. The highest BCUT2D eigenvalue weighted by Gasteiger charge is 2.26. The van der Waals surface area contributed by atoms with Crippen molar-refractivity contribution in [2.45, 2.75) is 32.2 Å². The monoisotopic (exact) mass is 445 g/mol.